The van der Waals surface area contributed by atoms with Gasteiger partial charge < -0.3 is 18.3 Å². The number of aromatic nitrogens is 2. The first-order valence-corrected chi connectivity index (χ1v) is 6.31. The Kier molecular flexibility index (Phi) is 2.62. The predicted molar refractivity (Wildman–Crippen MR) is 71.5 cm³/mol. The smallest absolute Gasteiger partial charge is 0.471 e. The minimum Gasteiger partial charge on any atom is -0.471 e. The molecule has 0 aliphatic carbocycles. The quantitative estimate of drug-likeness (QED) is 0.772. The Labute approximate surface area is 112 Å². The van der Waals surface area contributed by atoms with Gasteiger partial charge in [-0.2, -0.15) is 0 Å². The molecule has 3 rings (SSSR count). The molecular weight excluding hydrogens is 243 g/mol. The average molecular weight is 260 g/mol. The maximum absolute atomic E-state index is 5.94. The zero-order valence-electron chi connectivity index (χ0n) is 11.6. The van der Waals surface area contributed by atoms with Gasteiger partial charge in [0, 0.05) is 18.5 Å². The third-order valence-corrected chi connectivity index (χ3v) is 3.89. The molecule has 0 radical (unpaired) electrons. The summed E-state index contributed by atoms with van der Waals surface area (Å²) in [6.07, 6.45) is 6.97. The number of nitrogens with zero attached hydrogens (tertiary/aromatic N) is 2. The van der Waals surface area contributed by atoms with Crippen molar-refractivity contribution in [2.24, 2.45) is 0 Å². The van der Waals surface area contributed by atoms with Crippen LogP contribution in [0.25, 0.3) is 5.69 Å². The monoisotopic (exact) mass is 260 g/mol. The molecule has 3 heterocycles. The van der Waals surface area contributed by atoms with Gasteiger partial charge in [-0.3, -0.25) is 0 Å². The predicted octanol–water partition coefficient (Wildman–Crippen LogP) is 1.76. The van der Waals surface area contributed by atoms with Gasteiger partial charge >= 0.3 is 7.12 Å². The fraction of sp³-hybridized carbons (Fsp3) is 0.462. The Morgan fingerprint density at radius 3 is 2.42 bits per heavy atom. The van der Waals surface area contributed by atoms with Crippen LogP contribution < -0.4 is 5.66 Å². The summed E-state index contributed by atoms with van der Waals surface area (Å²) in [5, 5.41) is 0. The summed E-state index contributed by atoms with van der Waals surface area (Å²) in [7, 11) is -0.470. The normalized spacial score (nSPS) is 20.9. The summed E-state index contributed by atoms with van der Waals surface area (Å²) in [6, 6.07) is 1.91. The summed E-state index contributed by atoms with van der Waals surface area (Å²) in [5.74, 6) is 0. The van der Waals surface area contributed by atoms with Gasteiger partial charge in [0.25, 0.3) is 0 Å². The van der Waals surface area contributed by atoms with Gasteiger partial charge in [-0.15, -0.1) is 0 Å². The first-order valence-electron chi connectivity index (χ1n) is 6.31. The van der Waals surface area contributed by atoms with Crippen molar-refractivity contribution in [3.05, 3.63) is 31.1 Å². The maximum atomic E-state index is 5.94. The van der Waals surface area contributed by atoms with E-state index in [-0.39, 0.29) is 11.2 Å². The molecule has 0 unspecified atom stereocenters. The van der Waals surface area contributed by atoms with Crippen LogP contribution in [0.3, 0.4) is 0 Å². The second kappa shape index (κ2) is 3.98. The lowest BCUT2D eigenvalue weighted by atomic mass is 9.86. The van der Waals surface area contributed by atoms with Crippen LogP contribution in [-0.2, 0) is 9.31 Å². The van der Waals surface area contributed by atoms with Crippen molar-refractivity contribution >= 4 is 12.8 Å². The number of hydrogen-bond donors (Lipinski definition) is 0. The first kappa shape index (κ1) is 12.5. The molecule has 0 N–H and O–H groups in total. The van der Waals surface area contributed by atoms with Gasteiger partial charge in [0.1, 0.15) is 11.9 Å². The Bertz CT molecular complexity index is 558. The van der Waals surface area contributed by atoms with Crippen molar-refractivity contribution in [1.29, 1.82) is 0 Å². The Morgan fingerprint density at radius 1 is 1.16 bits per heavy atom. The molecule has 1 aliphatic heterocycles. The van der Waals surface area contributed by atoms with Crippen LogP contribution >= 0.6 is 0 Å². The highest BCUT2D eigenvalue weighted by atomic mass is 16.7. The molecule has 100 valence electrons. The lowest BCUT2D eigenvalue weighted by molar-refractivity contribution is 0.00578. The van der Waals surface area contributed by atoms with Crippen LogP contribution in [-0.4, -0.2) is 27.9 Å². The lowest BCUT2D eigenvalue weighted by Crippen LogP contribution is -2.41. The van der Waals surface area contributed by atoms with Crippen molar-refractivity contribution in [2.75, 3.05) is 0 Å². The third-order valence-electron chi connectivity index (χ3n) is 3.89. The second-order valence-electron chi connectivity index (χ2n) is 5.77. The molecule has 19 heavy (non-hydrogen) atoms. The molecule has 2 aromatic heterocycles. The molecule has 0 aromatic carbocycles. The zero-order valence-corrected chi connectivity index (χ0v) is 11.6. The lowest BCUT2D eigenvalue weighted by Gasteiger charge is -2.32. The maximum Gasteiger partial charge on any atom is 0.532 e. The highest BCUT2D eigenvalue weighted by molar-refractivity contribution is 6.60. The van der Waals surface area contributed by atoms with Crippen LogP contribution in [0.1, 0.15) is 27.7 Å². The van der Waals surface area contributed by atoms with Crippen LogP contribution in [0.2, 0.25) is 0 Å². The first-order chi connectivity index (χ1) is 8.89. The SMILES string of the molecule is CC1(C)OB(c2cc(-n3ccnc3)co2)OC1(C)C. The summed E-state index contributed by atoms with van der Waals surface area (Å²) in [5.41, 5.74) is 0.851. The number of rotatable bonds is 2. The molecule has 1 fully saturated rings. The van der Waals surface area contributed by atoms with Crippen molar-refractivity contribution in [2.45, 2.75) is 38.9 Å². The van der Waals surface area contributed by atoms with E-state index >= 15 is 0 Å². The summed E-state index contributed by atoms with van der Waals surface area (Å²) in [6.45, 7) is 8.08. The fourth-order valence-corrected chi connectivity index (χ4v) is 1.97. The van der Waals surface area contributed by atoms with E-state index in [0.29, 0.717) is 5.66 Å². The summed E-state index contributed by atoms with van der Waals surface area (Å²) >= 11 is 0. The van der Waals surface area contributed by atoms with Crippen molar-refractivity contribution < 1.29 is 13.7 Å². The van der Waals surface area contributed by atoms with Crippen molar-refractivity contribution in [1.82, 2.24) is 9.55 Å². The highest BCUT2D eigenvalue weighted by Gasteiger charge is 2.53. The molecule has 1 saturated heterocycles. The molecule has 0 spiro atoms. The van der Waals surface area contributed by atoms with Gasteiger partial charge in [-0.25, -0.2) is 4.98 Å². The average Bonchev–Trinajstić information content (AvgIpc) is 3.00. The van der Waals surface area contributed by atoms with Crippen LogP contribution in [0.4, 0.5) is 0 Å². The molecular formula is C13H17BN2O3. The minimum absolute atomic E-state index is 0.361. The van der Waals surface area contributed by atoms with Gasteiger partial charge in [0.05, 0.1) is 23.2 Å². The number of imidazole rings is 1. The van der Waals surface area contributed by atoms with E-state index in [4.69, 9.17) is 13.7 Å². The van der Waals surface area contributed by atoms with Crippen LogP contribution in [0.5, 0.6) is 0 Å². The Balaban J connectivity index is 1.85. The van der Waals surface area contributed by atoms with Crippen molar-refractivity contribution in [3.8, 4) is 5.69 Å². The largest absolute Gasteiger partial charge is 0.532 e. The fourth-order valence-electron chi connectivity index (χ4n) is 1.97. The van der Waals surface area contributed by atoms with E-state index in [9.17, 15) is 0 Å². The van der Waals surface area contributed by atoms with Crippen LogP contribution in [0.15, 0.2) is 35.5 Å². The molecule has 0 saturated carbocycles. The molecule has 6 heteroatoms. The van der Waals surface area contributed by atoms with E-state index < -0.39 is 7.12 Å². The third kappa shape index (κ3) is 2.01. The van der Waals surface area contributed by atoms with Crippen LogP contribution in [0, 0.1) is 0 Å². The molecule has 0 atom stereocenters. The van der Waals surface area contributed by atoms with E-state index in [2.05, 4.69) is 4.98 Å². The summed E-state index contributed by atoms with van der Waals surface area (Å²) in [4.78, 5) is 4.01. The Hall–Kier alpha value is -1.53. The molecule has 5 nitrogen and oxygen atoms in total. The van der Waals surface area contributed by atoms with E-state index in [0.717, 1.165) is 5.69 Å². The molecule has 2 aromatic rings. The minimum atomic E-state index is -0.470. The number of hydrogen-bond acceptors (Lipinski definition) is 4. The second-order valence-corrected chi connectivity index (χ2v) is 5.77. The standard InChI is InChI=1S/C13H17BN2O3/c1-12(2)13(3,4)19-14(18-12)11-7-10(8-17-11)16-6-5-15-9-16/h5-9H,1-4H3. The van der Waals surface area contributed by atoms with E-state index in [1.54, 1.807) is 18.8 Å². The zero-order chi connectivity index (χ0) is 13.7. The van der Waals surface area contributed by atoms with Gasteiger partial charge in [0.2, 0.25) is 0 Å². The van der Waals surface area contributed by atoms with Crippen molar-refractivity contribution in [3.63, 3.8) is 0 Å². The summed E-state index contributed by atoms with van der Waals surface area (Å²) < 4.78 is 19.3. The molecule has 1 aliphatic rings. The van der Waals surface area contributed by atoms with Gasteiger partial charge in [-0.05, 0) is 27.7 Å². The van der Waals surface area contributed by atoms with E-state index in [1.165, 1.54) is 0 Å². The Morgan fingerprint density at radius 2 is 1.84 bits per heavy atom. The molecule has 0 bridgehead atoms. The van der Waals surface area contributed by atoms with Gasteiger partial charge in [-0.1, -0.05) is 0 Å². The van der Waals surface area contributed by atoms with Gasteiger partial charge in [0.15, 0.2) is 0 Å². The van der Waals surface area contributed by atoms with E-state index in [1.807, 2.05) is 44.5 Å². The highest BCUT2D eigenvalue weighted by Crippen LogP contribution is 2.36. The molecule has 0 amide bonds. The number of furan rings is 1. The topological polar surface area (TPSA) is 49.4 Å².